The van der Waals surface area contributed by atoms with Crippen molar-refractivity contribution in [1.29, 1.82) is 0 Å². The first-order valence-corrected chi connectivity index (χ1v) is 11.3. The van der Waals surface area contributed by atoms with Gasteiger partial charge in [-0.05, 0) is 42.0 Å². The Hall–Kier alpha value is -4.40. The highest BCUT2D eigenvalue weighted by molar-refractivity contribution is 5.98. The number of anilines is 1. The number of methoxy groups -OCH3 is 1. The lowest BCUT2D eigenvalue weighted by atomic mass is 10.0. The highest BCUT2D eigenvalue weighted by Gasteiger charge is 2.27. The number of pyridine rings is 1. The molecule has 0 saturated carbocycles. The zero-order valence-corrected chi connectivity index (χ0v) is 19.1. The van der Waals surface area contributed by atoms with E-state index in [9.17, 15) is 14.4 Å². The number of nitrogens with one attached hydrogen (secondary N) is 2. The molecule has 178 valence electrons. The zero-order valence-electron chi connectivity index (χ0n) is 19.1. The Labute approximate surface area is 202 Å². The first kappa shape index (κ1) is 22.4. The average molecular weight is 473 g/mol. The van der Waals surface area contributed by atoms with E-state index >= 15 is 0 Å². The first-order valence-electron chi connectivity index (χ1n) is 11.3. The van der Waals surface area contributed by atoms with Crippen LogP contribution in [0.15, 0.2) is 60.8 Å². The topological polar surface area (TPSA) is 110 Å². The van der Waals surface area contributed by atoms with Crippen molar-refractivity contribution in [1.82, 2.24) is 15.6 Å². The number of nitrogens with zero attached hydrogens (tertiary/aromatic N) is 2. The normalized spacial score (nSPS) is 16.3. The van der Waals surface area contributed by atoms with Crippen molar-refractivity contribution in [3.05, 3.63) is 77.5 Å². The summed E-state index contributed by atoms with van der Waals surface area (Å²) in [5.41, 5.74) is 4.08. The van der Waals surface area contributed by atoms with Crippen molar-refractivity contribution in [2.75, 3.05) is 31.6 Å². The number of hydrogen-bond donors (Lipinski definition) is 2. The molecule has 3 amide bonds. The summed E-state index contributed by atoms with van der Waals surface area (Å²) in [7, 11) is 1.33. The number of benzene rings is 2. The number of hydrogen-bond acceptors (Lipinski definition) is 6. The number of carbonyl (C=O) groups is 3. The maximum Gasteiger partial charge on any atom is 0.339 e. The monoisotopic (exact) mass is 472 g/mol. The number of esters is 1. The fourth-order valence-electron chi connectivity index (χ4n) is 4.29. The second kappa shape index (κ2) is 9.46. The molecule has 1 aromatic heterocycles. The van der Waals surface area contributed by atoms with E-state index in [2.05, 4.69) is 15.6 Å². The van der Waals surface area contributed by atoms with Crippen LogP contribution in [0.4, 0.5) is 10.5 Å². The summed E-state index contributed by atoms with van der Waals surface area (Å²) < 4.78 is 10.9. The molecule has 2 aliphatic heterocycles. The number of fused-ring (bicyclic) bond motifs is 1. The van der Waals surface area contributed by atoms with Gasteiger partial charge in [0.1, 0.15) is 11.9 Å². The molecule has 3 aromatic rings. The lowest BCUT2D eigenvalue weighted by Gasteiger charge is -2.16. The Morgan fingerprint density at radius 3 is 2.77 bits per heavy atom. The van der Waals surface area contributed by atoms with E-state index < -0.39 is 5.97 Å². The van der Waals surface area contributed by atoms with E-state index in [0.717, 1.165) is 16.9 Å². The number of urea groups is 1. The highest BCUT2D eigenvalue weighted by Crippen LogP contribution is 2.38. The van der Waals surface area contributed by atoms with Gasteiger partial charge >= 0.3 is 12.0 Å². The summed E-state index contributed by atoms with van der Waals surface area (Å²) >= 11 is 0. The van der Waals surface area contributed by atoms with Crippen LogP contribution >= 0.6 is 0 Å². The van der Waals surface area contributed by atoms with E-state index in [0.29, 0.717) is 48.6 Å². The van der Waals surface area contributed by atoms with E-state index in [1.807, 2.05) is 24.3 Å². The van der Waals surface area contributed by atoms with Crippen molar-refractivity contribution in [2.24, 2.45) is 0 Å². The van der Waals surface area contributed by atoms with Gasteiger partial charge in [-0.3, -0.25) is 14.7 Å². The van der Waals surface area contributed by atoms with Gasteiger partial charge in [0.2, 0.25) is 0 Å². The van der Waals surface area contributed by atoms with Crippen molar-refractivity contribution in [3.63, 3.8) is 0 Å². The van der Waals surface area contributed by atoms with Crippen LogP contribution in [0.5, 0.6) is 5.75 Å². The van der Waals surface area contributed by atoms with E-state index in [1.165, 1.54) is 13.3 Å². The summed E-state index contributed by atoms with van der Waals surface area (Å²) in [5, 5.41) is 5.70. The Bertz CT molecular complexity index is 1290. The summed E-state index contributed by atoms with van der Waals surface area (Å²) in [6.07, 6.45) is 1.90. The molecule has 1 atom stereocenters. The van der Waals surface area contributed by atoms with Gasteiger partial charge in [0, 0.05) is 42.5 Å². The number of ether oxygens (including phenoxy) is 2. The standard InChI is InChI=1S/C26H24N4O5/c1-34-25(32)18-8-9-22(28-14-18)21-7-3-4-16-13-20(35-23(16)21)15-29-24(31)17-5-2-6-19(12-17)30-11-10-27-26(30)33/h2-9,12,14,20H,10-11,13,15H2,1H3,(H,27,33)(H,29,31). The van der Waals surface area contributed by atoms with Crippen LogP contribution in [-0.4, -0.2) is 55.7 Å². The third-order valence-corrected chi connectivity index (χ3v) is 6.06. The Kier molecular flexibility index (Phi) is 6.05. The maximum atomic E-state index is 12.8. The molecule has 1 unspecified atom stereocenters. The molecule has 0 bridgehead atoms. The van der Waals surface area contributed by atoms with E-state index in [4.69, 9.17) is 9.47 Å². The van der Waals surface area contributed by atoms with Crippen molar-refractivity contribution in [2.45, 2.75) is 12.5 Å². The maximum absolute atomic E-state index is 12.8. The lowest BCUT2D eigenvalue weighted by molar-refractivity contribution is 0.0600. The molecule has 0 aliphatic carbocycles. The van der Waals surface area contributed by atoms with Crippen LogP contribution in [-0.2, 0) is 11.2 Å². The van der Waals surface area contributed by atoms with E-state index in [-0.39, 0.29) is 18.0 Å². The van der Waals surface area contributed by atoms with Gasteiger partial charge in [-0.25, -0.2) is 9.59 Å². The Balaban J connectivity index is 1.24. The predicted molar refractivity (Wildman–Crippen MR) is 129 cm³/mol. The highest BCUT2D eigenvalue weighted by atomic mass is 16.5. The molecular weight excluding hydrogens is 448 g/mol. The molecule has 0 radical (unpaired) electrons. The van der Waals surface area contributed by atoms with Crippen molar-refractivity contribution >= 4 is 23.6 Å². The smallest absolute Gasteiger partial charge is 0.339 e. The number of rotatable bonds is 6. The zero-order chi connectivity index (χ0) is 24.4. The lowest BCUT2D eigenvalue weighted by Crippen LogP contribution is -2.34. The van der Waals surface area contributed by atoms with Crippen molar-refractivity contribution in [3.8, 4) is 17.0 Å². The fraction of sp³-hybridized carbons (Fsp3) is 0.231. The largest absolute Gasteiger partial charge is 0.487 e. The van der Waals surface area contributed by atoms with Gasteiger partial charge in [0.15, 0.2) is 0 Å². The summed E-state index contributed by atoms with van der Waals surface area (Å²) in [4.78, 5) is 42.4. The average Bonchev–Trinajstić information content (AvgIpc) is 3.52. The minimum Gasteiger partial charge on any atom is -0.487 e. The molecule has 1 fully saturated rings. The minimum absolute atomic E-state index is 0.162. The van der Waals surface area contributed by atoms with Crippen LogP contribution in [0.3, 0.4) is 0 Å². The molecule has 9 nitrogen and oxygen atoms in total. The summed E-state index contributed by atoms with van der Waals surface area (Å²) in [6.45, 7) is 1.48. The van der Waals surface area contributed by atoms with Gasteiger partial charge in [0.25, 0.3) is 5.91 Å². The number of aromatic nitrogens is 1. The predicted octanol–water partition coefficient (Wildman–Crippen LogP) is 2.80. The Morgan fingerprint density at radius 1 is 1.17 bits per heavy atom. The molecule has 35 heavy (non-hydrogen) atoms. The molecule has 1 saturated heterocycles. The molecule has 3 heterocycles. The van der Waals surface area contributed by atoms with Crippen LogP contribution in [0.1, 0.15) is 26.3 Å². The van der Waals surface area contributed by atoms with Gasteiger partial charge in [0.05, 0.1) is 24.9 Å². The van der Waals surface area contributed by atoms with Gasteiger partial charge < -0.3 is 20.1 Å². The Morgan fingerprint density at radius 2 is 2.03 bits per heavy atom. The van der Waals surface area contributed by atoms with E-state index in [1.54, 1.807) is 35.2 Å². The van der Waals surface area contributed by atoms with Crippen LogP contribution in [0, 0.1) is 0 Å². The third kappa shape index (κ3) is 4.52. The molecule has 2 N–H and O–H groups in total. The van der Waals surface area contributed by atoms with Crippen LogP contribution in [0.25, 0.3) is 11.3 Å². The molecule has 2 aromatic carbocycles. The quantitative estimate of drug-likeness (QED) is 0.534. The summed E-state index contributed by atoms with van der Waals surface area (Å²) in [6, 6.07) is 16.1. The SMILES string of the molecule is COC(=O)c1ccc(-c2cccc3c2OC(CNC(=O)c2cccc(N4CCNC4=O)c2)C3)nc1. The van der Waals surface area contributed by atoms with Crippen molar-refractivity contribution < 1.29 is 23.9 Å². The third-order valence-electron chi connectivity index (χ3n) is 6.06. The van der Waals surface area contributed by atoms with Gasteiger partial charge in [-0.1, -0.05) is 18.2 Å². The molecule has 9 heteroatoms. The van der Waals surface area contributed by atoms with Crippen LogP contribution in [0.2, 0.25) is 0 Å². The molecule has 2 aliphatic rings. The fourth-order valence-corrected chi connectivity index (χ4v) is 4.29. The molecule has 0 spiro atoms. The minimum atomic E-state index is -0.441. The van der Waals surface area contributed by atoms with Crippen LogP contribution < -0.4 is 20.3 Å². The number of carbonyl (C=O) groups excluding carboxylic acids is 3. The summed E-state index contributed by atoms with van der Waals surface area (Å²) in [5.74, 6) is 0.0574. The first-order chi connectivity index (χ1) is 17.0. The van der Waals surface area contributed by atoms with Gasteiger partial charge in [-0.15, -0.1) is 0 Å². The second-order valence-electron chi connectivity index (χ2n) is 8.31. The molecular formula is C26H24N4O5. The number of para-hydroxylation sites is 1. The molecule has 5 rings (SSSR count). The van der Waals surface area contributed by atoms with Gasteiger partial charge in [-0.2, -0.15) is 0 Å². The second-order valence-corrected chi connectivity index (χ2v) is 8.31. The number of amides is 3.